The van der Waals surface area contributed by atoms with Crippen molar-refractivity contribution in [3.05, 3.63) is 66.1 Å². The Hall–Kier alpha value is -2.54. The maximum Gasteiger partial charge on any atom is 0.268 e. The van der Waals surface area contributed by atoms with Crippen LogP contribution in [0, 0.1) is 6.92 Å². The summed E-state index contributed by atoms with van der Waals surface area (Å²) in [5, 5.41) is 0. The largest absolute Gasteiger partial charge is 0.290 e. The summed E-state index contributed by atoms with van der Waals surface area (Å²) in [5.74, 6) is 5.36. The molecule has 130 valence electrons. The molecule has 0 fully saturated rings. The first-order valence-electron chi connectivity index (χ1n) is 7.04. The van der Waals surface area contributed by atoms with Gasteiger partial charge in [-0.05, 0) is 19.1 Å². The number of aromatic nitrogens is 3. The molecule has 3 aromatic rings. The van der Waals surface area contributed by atoms with Gasteiger partial charge >= 0.3 is 0 Å². The number of nitrogens with one attached hydrogen (secondary N) is 1. The molecule has 0 spiro atoms. The van der Waals surface area contributed by atoms with Gasteiger partial charge in [0.1, 0.15) is 0 Å². The molecular weight excluding hydrogens is 361 g/mol. The summed E-state index contributed by atoms with van der Waals surface area (Å²) in [6.45, 7) is 2.02. The van der Waals surface area contributed by atoms with Crippen molar-refractivity contribution < 1.29 is 4.79 Å². The molecule has 3 N–H and O–H groups in total. The molecule has 0 unspecified atom stereocenters. The average Bonchev–Trinajstić information content (AvgIpc) is 2.62. The van der Waals surface area contributed by atoms with Crippen molar-refractivity contribution in [1.82, 2.24) is 20.4 Å². The van der Waals surface area contributed by atoms with Crippen molar-refractivity contribution in [3.63, 3.8) is 0 Å². The average molecular weight is 378 g/mol. The highest BCUT2D eigenvalue weighted by atomic mass is 35.5. The number of aryl methyl sites for hydroxylation is 1. The maximum absolute atomic E-state index is 12.0. The quantitative estimate of drug-likeness (QED) is 0.415. The minimum absolute atomic E-state index is 0. The van der Waals surface area contributed by atoms with E-state index in [4.69, 9.17) is 5.84 Å². The maximum atomic E-state index is 12.0. The number of nitrogens with two attached hydrogens (primary N) is 1. The topological polar surface area (TPSA) is 93.8 Å². The number of rotatable bonds is 3. The lowest BCUT2D eigenvalue weighted by atomic mass is 10.1. The summed E-state index contributed by atoms with van der Waals surface area (Å²) >= 11 is 0. The molecule has 3 rings (SSSR count). The van der Waals surface area contributed by atoms with E-state index in [0.29, 0.717) is 17.1 Å². The highest BCUT2D eigenvalue weighted by molar-refractivity contribution is 5.99. The number of halogens is 2. The Kier molecular flexibility index (Phi) is 7.44. The van der Waals surface area contributed by atoms with Crippen LogP contribution in [-0.2, 0) is 0 Å². The van der Waals surface area contributed by atoms with Gasteiger partial charge in [-0.3, -0.25) is 15.2 Å². The zero-order valence-corrected chi connectivity index (χ0v) is 15.0. The lowest BCUT2D eigenvalue weighted by molar-refractivity contribution is 0.0953. The molecule has 8 heteroatoms. The van der Waals surface area contributed by atoms with Crippen LogP contribution in [0.25, 0.3) is 22.6 Å². The van der Waals surface area contributed by atoms with E-state index in [-0.39, 0.29) is 24.8 Å². The van der Waals surface area contributed by atoms with Crippen LogP contribution in [0.3, 0.4) is 0 Å². The van der Waals surface area contributed by atoms with E-state index < -0.39 is 5.91 Å². The molecule has 2 heterocycles. The second-order valence-electron chi connectivity index (χ2n) is 5.03. The van der Waals surface area contributed by atoms with Crippen LogP contribution in [0.1, 0.15) is 15.9 Å². The van der Waals surface area contributed by atoms with Crippen LogP contribution in [0.4, 0.5) is 0 Å². The van der Waals surface area contributed by atoms with Crippen LogP contribution in [0.15, 0.2) is 55.0 Å². The fourth-order valence-corrected chi connectivity index (χ4v) is 2.20. The van der Waals surface area contributed by atoms with Gasteiger partial charge in [0.2, 0.25) is 0 Å². The SMILES string of the molecule is Cc1ccc(-c2ncc(C(=O)NN)c(-c3ccncc3)n2)cc1.Cl.Cl. The number of amides is 1. The van der Waals surface area contributed by atoms with Gasteiger partial charge in [0.15, 0.2) is 5.82 Å². The fraction of sp³-hybridized carbons (Fsp3) is 0.0588. The van der Waals surface area contributed by atoms with Crippen molar-refractivity contribution in [3.8, 4) is 22.6 Å². The Labute approximate surface area is 157 Å². The summed E-state index contributed by atoms with van der Waals surface area (Å²) in [6.07, 6.45) is 4.78. The first-order chi connectivity index (χ1) is 11.2. The Morgan fingerprint density at radius 2 is 1.64 bits per heavy atom. The monoisotopic (exact) mass is 377 g/mol. The molecule has 1 aromatic carbocycles. The van der Waals surface area contributed by atoms with Gasteiger partial charge in [0.05, 0.1) is 11.3 Å². The fourth-order valence-electron chi connectivity index (χ4n) is 2.20. The lowest BCUT2D eigenvalue weighted by Crippen LogP contribution is -2.30. The number of pyridine rings is 1. The van der Waals surface area contributed by atoms with Gasteiger partial charge in [-0.2, -0.15) is 0 Å². The Morgan fingerprint density at radius 3 is 2.24 bits per heavy atom. The molecule has 0 radical (unpaired) electrons. The number of nitrogens with zero attached hydrogens (tertiary/aromatic N) is 3. The van der Waals surface area contributed by atoms with Crippen molar-refractivity contribution in [2.45, 2.75) is 6.92 Å². The molecule has 0 aliphatic rings. The summed E-state index contributed by atoms with van der Waals surface area (Å²) in [5.41, 5.74) is 5.76. The molecule has 0 saturated carbocycles. The molecule has 0 aliphatic carbocycles. The molecule has 6 nitrogen and oxygen atoms in total. The van der Waals surface area contributed by atoms with E-state index in [1.54, 1.807) is 24.5 Å². The minimum atomic E-state index is -0.438. The summed E-state index contributed by atoms with van der Waals surface area (Å²) < 4.78 is 0. The Balaban J connectivity index is 0.00000156. The number of hydrogen-bond acceptors (Lipinski definition) is 5. The molecule has 0 saturated heterocycles. The van der Waals surface area contributed by atoms with Crippen LogP contribution < -0.4 is 11.3 Å². The highest BCUT2D eigenvalue weighted by Gasteiger charge is 2.16. The van der Waals surface area contributed by atoms with Crippen molar-refractivity contribution in [2.24, 2.45) is 5.84 Å². The number of carbonyl (C=O) groups is 1. The molecular formula is C17H17Cl2N5O. The zero-order valence-electron chi connectivity index (χ0n) is 13.3. The van der Waals surface area contributed by atoms with E-state index in [1.165, 1.54) is 6.20 Å². The van der Waals surface area contributed by atoms with Gasteiger partial charge in [-0.15, -0.1) is 24.8 Å². The third-order valence-electron chi connectivity index (χ3n) is 3.43. The predicted octanol–water partition coefficient (Wildman–Crippen LogP) is 2.96. The standard InChI is InChI=1S/C17H15N5O.2ClH/c1-11-2-4-13(5-3-11)16-20-10-14(17(23)22-18)15(21-16)12-6-8-19-9-7-12;;/h2-10H,18H2,1H3,(H,22,23);2*1H. The van der Waals surface area contributed by atoms with E-state index >= 15 is 0 Å². The second-order valence-corrected chi connectivity index (χ2v) is 5.03. The first kappa shape index (κ1) is 20.5. The van der Waals surface area contributed by atoms with E-state index in [0.717, 1.165) is 16.7 Å². The summed E-state index contributed by atoms with van der Waals surface area (Å²) in [6, 6.07) is 11.5. The lowest BCUT2D eigenvalue weighted by Gasteiger charge is -2.09. The number of nitrogen functional groups attached to an aromatic ring is 1. The molecule has 2 aromatic heterocycles. The second kappa shape index (κ2) is 9.08. The van der Waals surface area contributed by atoms with Crippen LogP contribution in [0.2, 0.25) is 0 Å². The predicted molar refractivity (Wildman–Crippen MR) is 102 cm³/mol. The number of carbonyl (C=O) groups excluding carboxylic acids is 1. The molecule has 0 aliphatic heterocycles. The van der Waals surface area contributed by atoms with Crippen LogP contribution in [-0.4, -0.2) is 20.9 Å². The first-order valence-corrected chi connectivity index (χ1v) is 7.04. The third-order valence-corrected chi connectivity index (χ3v) is 3.43. The van der Waals surface area contributed by atoms with E-state index in [1.807, 2.05) is 31.2 Å². The van der Waals surface area contributed by atoms with E-state index in [9.17, 15) is 4.79 Å². The molecule has 1 amide bonds. The normalized spacial score (nSPS) is 9.52. The smallest absolute Gasteiger partial charge is 0.268 e. The van der Waals surface area contributed by atoms with E-state index in [2.05, 4.69) is 20.4 Å². The Morgan fingerprint density at radius 1 is 1.00 bits per heavy atom. The minimum Gasteiger partial charge on any atom is -0.290 e. The van der Waals surface area contributed by atoms with Gasteiger partial charge in [0.25, 0.3) is 5.91 Å². The van der Waals surface area contributed by atoms with Gasteiger partial charge in [-0.25, -0.2) is 15.8 Å². The zero-order chi connectivity index (χ0) is 16.2. The van der Waals surface area contributed by atoms with Crippen molar-refractivity contribution >= 4 is 30.7 Å². The summed E-state index contributed by atoms with van der Waals surface area (Å²) in [4.78, 5) is 24.8. The number of hydrazine groups is 1. The number of benzene rings is 1. The van der Waals surface area contributed by atoms with Crippen LogP contribution in [0.5, 0.6) is 0 Å². The van der Waals surface area contributed by atoms with Gasteiger partial charge < -0.3 is 0 Å². The number of hydrogen-bond donors (Lipinski definition) is 2. The van der Waals surface area contributed by atoms with Crippen molar-refractivity contribution in [1.29, 1.82) is 0 Å². The molecule has 25 heavy (non-hydrogen) atoms. The Bertz CT molecular complexity index is 841. The summed E-state index contributed by atoms with van der Waals surface area (Å²) in [7, 11) is 0. The molecule has 0 bridgehead atoms. The van der Waals surface area contributed by atoms with Gasteiger partial charge in [0, 0.05) is 29.7 Å². The third kappa shape index (κ3) is 4.51. The van der Waals surface area contributed by atoms with Gasteiger partial charge in [-0.1, -0.05) is 29.8 Å². The molecule has 0 atom stereocenters. The van der Waals surface area contributed by atoms with Crippen LogP contribution >= 0.6 is 24.8 Å². The highest BCUT2D eigenvalue weighted by Crippen LogP contribution is 2.24. The van der Waals surface area contributed by atoms with Crippen molar-refractivity contribution in [2.75, 3.05) is 0 Å².